The van der Waals surface area contributed by atoms with Crippen LogP contribution in [0.2, 0.25) is 0 Å². The molecule has 0 spiro atoms. The smallest absolute Gasteiger partial charge is 0.361 e. The molecule has 1 aromatic carbocycles. The number of nitrogens with zero attached hydrogens (tertiary/aromatic N) is 3. The maximum atomic E-state index is 13.1. The summed E-state index contributed by atoms with van der Waals surface area (Å²) in [6, 6.07) is 2.80. The quantitative estimate of drug-likeness (QED) is 0.359. The van der Waals surface area contributed by atoms with Crippen LogP contribution in [-0.4, -0.2) is 53.5 Å². The van der Waals surface area contributed by atoms with E-state index in [0.29, 0.717) is 5.75 Å². The van der Waals surface area contributed by atoms with Gasteiger partial charge in [-0.3, -0.25) is 9.59 Å². The summed E-state index contributed by atoms with van der Waals surface area (Å²) in [4.78, 5) is 38.0. The number of benzene rings is 1. The molecule has 1 aromatic heterocycles. The van der Waals surface area contributed by atoms with E-state index in [4.69, 9.17) is 24.7 Å². The zero-order valence-corrected chi connectivity index (χ0v) is 17.4. The van der Waals surface area contributed by atoms with Gasteiger partial charge in [-0.05, 0) is 13.0 Å². The molecule has 0 fully saturated rings. The number of ether oxygens (including phenoxy) is 4. The van der Waals surface area contributed by atoms with Crippen molar-refractivity contribution in [1.82, 2.24) is 15.0 Å². The summed E-state index contributed by atoms with van der Waals surface area (Å²) in [6.45, 7) is 4.63. The second kappa shape index (κ2) is 9.72. The summed E-state index contributed by atoms with van der Waals surface area (Å²) in [5, 5.41) is 7.96. The Balaban J connectivity index is 2.46. The van der Waals surface area contributed by atoms with Gasteiger partial charge in [0, 0.05) is 11.8 Å². The molecule has 1 heterocycles. The van der Waals surface area contributed by atoms with Crippen LogP contribution < -0.4 is 15.2 Å². The molecule has 0 radical (unpaired) electrons. The minimum Gasteiger partial charge on any atom is -0.493 e. The van der Waals surface area contributed by atoms with Gasteiger partial charge in [-0.1, -0.05) is 13.8 Å². The monoisotopic (exact) mass is 420 g/mol. The minimum atomic E-state index is -0.846. The number of ketones is 1. The Morgan fingerprint density at radius 2 is 1.63 bits per heavy atom. The van der Waals surface area contributed by atoms with Crippen LogP contribution in [0.5, 0.6) is 11.5 Å². The van der Waals surface area contributed by atoms with Crippen molar-refractivity contribution in [2.45, 2.75) is 27.5 Å². The molecule has 11 nitrogen and oxygen atoms in total. The lowest BCUT2D eigenvalue weighted by molar-refractivity contribution is -0.152. The third-order valence-electron chi connectivity index (χ3n) is 3.93. The van der Waals surface area contributed by atoms with E-state index >= 15 is 0 Å². The fraction of sp³-hybridized carbons (Fsp3) is 0.421. The van der Waals surface area contributed by atoms with Crippen molar-refractivity contribution >= 4 is 23.4 Å². The van der Waals surface area contributed by atoms with Crippen LogP contribution in [-0.2, 0) is 21.0 Å². The number of hydrogen-bond donors (Lipinski definition) is 1. The Bertz CT molecular complexity index is 953. The molecule has 30 heavy (non-hydrogen) atoms. The summed E-state index contributed by atoms with van der Waals surface area (Å²) < 4.78 is 20.4. The molecule has 0 aliphatic carbocycles. The van der Waals surface area contributed by atoms with Gasteiger partial charge in [0.1, 0.15) is 0 Å². The van der Waals surface area contributed by atoms with Crippen LogP contribution in [0.4, 0.5) is 5.69 Å². The fourth-order valence-corrected chi connectivity index (χ4v) is 2.40. The summed E-state index contributed by atoms with van der Waals surface area (Å²) >= 11 is 0. The highest BCUT2D eigenvalue weighted by molar-refractivity contribution is 6.15. The summed E-state index contributed by atoms with van der Waals surface area (Å²) in [5.41, 5.74) is 5.49. The van der Waals surface area contributed by atoms with Gasteiger partial charge in [0.25, 0.3) is 0 Å². The Kier molecular flexibility index (Phi) is 7.34. The highest BCUT2D eigenvalue weighted by Crippen LogP contribution is 2.33. The molecular formula is C19H24N4O7. The van der Waals surface area contributed by atoms with Gasteiger partial charge in [-0.25, -0.2) is 4.79 Å². The van der Waals surface area contributed by atoms with Crippen LogP contribution in [0.1, 0.15) is 47.3 Å². The number of anilines is 1. The van der Waals surface area contributed by atoms with Crippen molar-refractivity contribution in [3.63, 3.8) is 0 Å². The maximum absolute atomic E-state index is 13.1. The van der Waals surface area contributed by atoms with Crippen molar-refractivity contribution in [2.24, 2.45) is 5.92 Å². The summed E-state index contributed by atoms with van der Waals surface area (Å²) in [5.74, 6) is -1.77. The second-order valence-corrected chi connectivity index (χ2v) is 6.36. The molecule has 0 aliphatic heterocycles. The first-order chi connectivity index (χ1) is 14.2. The standard InChI is InChI=1S/C19H24N4O7/c1-6-29-19(26)16-15(21-23(22-16)9-30-18(25)10(2)3)17(24)11-7-13(27-4)14(28-5)8-12(11)20/h7-8,10H,6,9,20H2,1-5H3. The van der Waals surface area contributed by atoms with Gasteiger partial charge in [0.15, 0.2) is 17.2 Å². The van der Waals surface area contributed by atoms with Crippen molar-refractivity contribution in [2.75, 3.05) is 26.6 Å². The van der Waals surface area contributed by atoms with Gasteiger partial charge >= 0.3 is 11.9 Å². The van der Waals surface area contributed by atoms with Crippen LogP contribution in [0.25, 0.3) is 0 Å². The first-order valence-corrected chi connectivity index (χ1v) is 9.08. The highest BCUT2D eigenvalue weighted by Gasteiger charge is 2.28. The van der Waals surface area contributed by atoms with Gasteiger partial charge in [-0.15, -0.1) is 15.0 Å². The van der Waals surface area contributed by atoms with E-state index in [9.17, 15) is 14.4 Å². The first-order valence-electron chi connectivity index (χ1n) is 9.08. The fourth-order valence-electron chi connectivity index (χ4n) is 2.40. The minimum absolute atomic E-state index is 0.0319. The Morgan fingerprint density at radius 3 is 2.20 bits per heavy atom. The lowest BCUT2D eigenvalue weighted by Gasteiger charge is -2.11. The van der Waals surface area contributed by atoms with E-state index in [-0.39, 0.29) is 47.6 Å². The third-order valence-corrected chi connectivity index (χ3v) is 3.93. The molecule has 0 unspecified atom stereocenters. The molecule has 0 saturated heterocycles. The van der Waals surface area contributed by atoms with Gasteiger partial charge < -0.3 is 24.7 Å². The number of aromatic nitrogens is 3. The first kappa shape index (κ1) is 22.7. The Labute approximate surface area is 173 Å². The number of carbonyl (C=O) groups is 3. The van der Waals surface area contributed by atoms with Crippen molar-refractivity contribution in [3.05, 3.63) is 29.1 Å². The van der Waals surface area contributed by atoms with E-state index < -0.39 is 17.7 Å². The van der Waals surface area contributed by atoms with Gasteiger partial charge in [-0.2, -0.15) is 0 Å². The third kappa shape index (κ3) is 4.85. The van der Waals surface area contributed by atoms with E-state index in [2.05, 4.69) is 10.2 Å². The lowest BCUT2D eigenvalue weighted by Crippen LogP contribution is -2.16. The molecule has 162 valence electrons. The average molecular weight is 420 g/mol. The van der Waals surface area contributed by atoms with Crippen molar-refractivity contribution < 1.29 is 33.3 Å². The zero-order chi connectivity index (χ0) is 22.4. The number of nitrogen functional groups attached to an aromatic ring is 1. The van der Waals surface area contributed by atoms with E-state index in [1.165, 1.54) is 26.4 Å². The van der Waals surface area contributed by atoms with Gasteiger partial charge in [0.2, 0.25) is 18.2 Å². The molecule has 0 bridgehead atoms. The molecule has 2 N–H and O–H groups in total. The highest BCUT2D eigenvalue weighted by atomic mass is 16.5. The molecule has 2 rings (SSSR count). The molecule has 0 aliphatic rings. The number of methoxy groups -OCH3 is 2. The SMILES string of the molecule is CCOC(=O)c1nn(COC(=O)C(C)C)nc1C(=O)c1cc(OC)c(OC)cc1N. The Morgan fingerprint density at radius 1 is 1.03 bits per heavy atom. The predicted molar refractivity (Wildman–Crippen MR) is 104 cm³/mol. The maximum Gasteiger partial charge on any atom is 0.361 e. The van der Waals surface area contributed by atoms with Crippen LogP contribution >= 0.6 is 0 Å². The average Bonchev–Trinajstić information content (AvgIpc) is 3.15. The molecular weight excluding hydrogens is 396 g/mol. The Hall–Kier alpha value is -3.63. The number of carbonyl (C=O) groups excluding carboxylic acids is 3. The summed E-state index contributed by atoms with van der Waals surface area (Å²) in [6.07, 6.45) is 0. The number of hydrogen-bond acceptors (Lipinski definition) is 10. The predicted octanol–water partition coefficient (Wildman–Crippen LogP) is 1.44. The van der Waals surface area contributed by atoms with Gasteiger partial charge in [0.05, 0.1) is 32.3 Å². The molecule has 0 amide bonds. The van der Waals surface area contributed by atoms with E-state index in [0.717, 1.165) is 4.80 Å². The normalized spacial score (nSPS) is 10.6. The summed E-state index contributed by atoms with van der Waals surface area (Å²) in [7, 11) is 2.84. The zero-order valence-electron chi connectivity index (χ0n) is 17.4. The molecule has 11 heteroatoms. The number of nitrogens with two attached hydrogens (primary N) is 1. The molecule has 2 aromatic rings. The van der Waals surface area contributed by atoms with Crippen LogP contribution in [0.3, 0.4) is 0 Å². The molecule has 0 saturated carbocycles. The van der Waals surface area contributed by atoms with Crippen LogP contribution in [0, 0.1) is 5.92 Å². The van der Waals surface area contributed by atoms with Crippen molar-refractivity contribution in [3.8, 4) is 11.5 Å². The topological polar surface area (TPSA) is 145 Å². The van der Waals surface area contributed by atoms with E-state index in [1.54, 1.807) is 20.8 Å². The lowest BCUT2D eigenvalue weighted by atomic mass is 10.0. The van der Waals surface area contributed by atoms with Crippen molar-refractivity contribution in [1.29, 1.82) is 0 Å². The van der Waals surface area contributed by atoms with E-state index in [1.807, 2.05) is 0 Å². The number of esters is 2. The second-order valence-electron chi connectivity index (χ2n) is 6.36. The largest absolute Gasteiger partial charge is 0.493 e. The molecule has 0 atom stereocenters. The number of rotatable bonds is 9. The van der Waals surface area contributed by atoms with Crippen LogP contribution in [0.15, 0.2) is 12.1 Å².